The number of halogens is 3. The van der Waals surface area contributed by atoms with Crippen molar-refractivity contribution in [2.75, 3.05) is 0 Å². The molecule has 0 aliphatic carbocycles. The van der Waals surface area contributed by atoms with Crippen LogP contribution in [0.2, 0.25) is 0 Å². The highest BCUT2D eigenvalue weighted by atomic mass is 79.9. The number of nitriles is 1. The van der Waals surface area contributed by atoms with Gasteiger partial charge in [0.1, 0.15) is 11.6 Å². The molecule has 1 unspecified atom stereocenters. The average molecular weight is 274 g/mol. The minimum Gasteiger partial charge on any atom is -0.206 e. The molecule has 0 saturated carbocycles. The van der Waals surface area contributed by atoms with Crippen molar-refractivity contribution in [2.45, 2.75) is 25.7 Å². The molecule has 0 bridgehead atoms. The highest BCUT2D eigenvalue weighted by molar-refractivity contribution is 9.10. The molecule has 0 amide bonds. The Balaban J connectivity index is 3.18. The van der Waals surface area contributed by atoms with E-state index in [-0.39, 0.29) is 5.56 Å². The molecule has 0 N–H and O–H groups in total. The molecule has 0 aromatic heterocycles. The summed E-state index contributed by atoms with van der Waals surface area (Å²) < 4.78 is 27.2. The summed E-state index contributed by atoms with van der Waals surface area (Å²) in [7, 11) is 0. The largest absolute Gasteiger partial charge is 0.206 e. The van der Waals surface area contributed by atoms with Gasteiger partial charge >= 0.3 is 0 Å². The third kappa shape index (κ3) is 2.75. The molecule has 15 heavy (non-hydrogen) atoms. The fraction of sp³-hybridized carbons (Fsp3) is 0.364. The summed E-state index contributed by atoms with van der Waals surface area (Å²) in [5, 5.41) is 8.83. The third-order valence-corrected chi connectivity index (χ3v) is 2.58. The molecule has 1 rings (SSSR count). The Morgan fingerprint density at radius 3 is 2.33 bits per heavy atom. The summed E-state index contributed by atoms with van der Waals surface area (Å²) in [5.74, 6) is -2.04. The van der Waals surface area contributed by atoms with E-state index in [1.807, 2.05) is 13.0 Å². The van der Waals surface area contributed by atoms with E-state index >= 15 is 0 Å². The van der Waals surface area contributed by atoms with Crippen molar-refractivity contribution >= 4 is 15.9 Å². The Bertz CT molecular complexity index is 375. The van der Waals surface area contributed by atoms with Crippen LogP contribution in [-0.2, 0) is 0 Å². The molecule has 1 nitrogen and oxygen atoms in total. The topological polar surface area (TPSA) is 23.8 Å². The highest BCUT2D eigenvalue weighted by Crippen LogP contribution is 2.28. The molecule has 0 saturated heterocycles. The van der Waals surface area contributed by atoms with E-state index in [0.717, 1.165) is 0 Å². The second kappa shape index (κ2) is 5.22. The molecule has 0 spiro atoms. The lowest BCUT2D eigenvalue weighted by atomic mass is 9.95. The maximum atomic E-state index is 13.5. The normalized spacial score (nSPS) is 12.2. The highest BCUT2D eigenvalue weighted by Gasteiger charge is 2.19. The first kappa shape index (κ1) is 12.1. The van der Waals surface area contributed by atoms with Gasteiger partial charge in [-0.1, -0.05) is 29.3 Å². The van der Waals surface area contributed by atoms with Crippen molar-refractivity contribution in [3.8, 4) is 6.07 Å². The maximum Gasteiger partial charge on any atom is 0.131 e. The lowest BCUT2D eigenvalue weighted by Crippen LogP contribution is -2.03. The average Bonchev–Trinajstić information content (AvgIpc) is 2.14. The van der Waals surface area contributed by atoms with E-state index in [2.05, 4.69) is 15.9 Å². The summed E-state index contributed by atoms with van der Waals surface area (Å²) >= 11 is 2.99. The van der Waals surface area contributed by atoms with Gasteiger partial charge in [-0.3, -0.25) is 0 Å². The molecule has 0 aliphatic rings. The molecule has 4 heteroatoms. The first-order valence-corrected chi connectivity index (χ1v) is 5.43. The molecule has 0 aliphatic heterocycles. The van der Waals surface area contributed by atoms with Crippen molar-refractivity contribution in [3.05, 3.63) is 33.8 Å². The minimum absolute atomic E-state index is 0.123. The van der Waals surface area contributed by atoms with Crippen molar-refractivity contribution in [3.63, 3.8) is 0 Å². The van der Waals surface area contributed by atoms with Crippen molar-refractivity contribution in [1.29, 1.82) is 5.26 Å². The van der Waals surface area contributed by atoms with Gasteiger partial charge in [-0.05, 0) is 18.6 Å². The van der Waals surface area contributed by atoms with Crippen LogP contribution in [0.4, 0.5) is 8.78 Å². The first-order valence-electron chi connectivity index (χ1n) is 4.64. The Morgan fingerprint density at radius 1 is 1.40 bits per heavy atom. The quantitative estimate of drug-likeness (QED) is 0.812. The Hall–Kier alpha value is -0.950. The molecule has 80 valence electrons. The molecule has 0 radical (unpaired) electrons. The van der Waals surface area contributed by atoms with Gasteiger partial charge in [0.05, 0.1) is 12.0 Å². The van der Waals surface area contributed by atoms with Gasteiger partial charge in [0, 0.05) is 10.0 Å². The van der Waals surface area contributed by atoms with E-state index in [4.69, 9.17) is 5.26 Å². The molecule has 0 heterocycles. The van der Waals surface area contributed by atoms with E-state index in [0.29, 0.717) is 17.3 Å². The molecular weight excluding hydrogens is 264 g/mol. The van der Waals surface area contributed by atoms with Crippen LogP contribution in [0.1, 0.15) is 31.2 Å². The van der Waals surface area contributed by atoms with E-state index in [9.17, 15) is 8.78 Å². The molecule has 1 aromatic rings. The fourth-order valence-electron chi connectivity index (χ4n) is 1.45. The van der Waals surface area contributed by atoms with Gasteiger partial charge < -0.3 is 0 Å². The number of benzene rings is 1. The van der Waals surface area contributed by atoms with Crippen LogP contribution in [-0.4, -0.2) is 0 Å². The van der Waals surface area contributed by atoms with Crippen LogP contribution >= 0.6 is 15.9 Å². The fourth-order valence-corrected chi connectivity index (χ4v) is 1.85. The maximum absolute atomic E-state index is 13.5. The summed E-state index contributed by atoms with van der Waals surface area (Å²) in [6.07, 6.45) is 1.18. The molecule has 0 fully saturated rings. The summed E-state index contributed by atoms with van der Waals surface area (Å²) in [6.45, 7) is 1.87. The molecular formula is C11H10BrF2N. The zero-order chi connectivity index (χ0) is 11.4. The Labute approximate surface area is 95.8 Å². The van der Waals surface area contributed by atoms with Crippen molar-refractivity contribution < 1.29 is 8.78 Å². The Kier molecular flexibility index (Phi) is 4.22. The van der Waals surface area contributed by atoms with Gasteiger partial charge in [-0.15, -0.1) is 0 Å². The second-order valence-electron chi connectivity index (χ2n) is 3.25. The summed E-state index contributed by atoms with van der Waals surface area (Å²) in [4.78, 5) is 0. The van der Waals surface area contributed by atoms with Crippen molar-refractivity contribution in [1.82, 2.24) is 0 Å². The smallest absolute Gasteiger partial charge is 0.131 e. The summed E-state index contributed by atoms with van der Waals surface area (Å²) in [5.41, 5.74) is -0.123. The van der Waals surface area contributed by atoms with Crippen molar-refractivity contribution in [2.24, 2.45) is 0 Å². The van der Waals surface area contributed by atoms with Crippen LogP contribution in [0.3, 0.4) is 0 Å². The van der Waals surface area contributed by atoms with Crippen LogP contribution in [0.15, 0.2) is 16.6 Å². The number of hydrogen-bond donors (Lipinski definition) is 0. The van der Waals surface area contributed by atoms with Gasteiger partial charge in [0.25, 0.3) is 0 Å². The Morgan fingerprint density at radius 2 is 1.93 bits per heavy atom. The minimum atomic E-state index is -0.705. The SMILES string of the molecule is CCCC(C#N)c1c(F)cc(Br)cc1F. The zero-order valence-corrected chi connectivity index (χ0v) is 9.81. The third-order valence-electron chi connectivity index (χ3n) is 2.13. The van der Waals surface area contributed by atoms with Crippen LogP contribution < -0.4 is 0 Å². The predicted octanol–water partition coefficient (Wildman–Crippen LogP) is 4.13. The van der Waals surface area contributed by atoms with E-state index < -0.39 is 17.6 Å². The standard InChI is InChI=1S/C11H10BrF2N/c1-2-3-7(6-15)11-9(13)4-8(12)5-10(11)14/h4-5,7H,2-3H2,1H3. The van der Waals surface area contributed by atoms with Crippen LogP contribution in [0.5, 0.6) is 0 Å². The first-order chi connectivity index (χ1) is 7.10. The van der Waals surface area contributed by atoms with Gasteiger partial charge in [-0.2, -0.15) is 5.26 Å². The number of hydrogen-bond acceptors (Lipinski definition) is 1. The van der Waals surface area contributed by atoms with Crippen LogP contribution in [0, 0.1) is 23.0 Å². The predicted molar refractivity (Wildman–Crippen MR) is 57.3 cm³/mol. The van der Waals surface area contributed by atoms with Gasteiger partial charge in [0.2, 0.25) is 0 Å². The molecule has 1 aromatic carbocycles. The van der Waals surface area contributed by atoms with Crippen LogP contribution in [0.25, 0.3) is 0 Å². The number of nitrogens with zero attached hydrogens (tertiary/aromatic N) is 1. The summed E-state index contributed by atoms with van der Waals surface area (Å²) in [6, 6.07) is 4.28. The van der Waals surface area contributed by atoms with E-state index in [1.54, 1.807) is 0 Å². The van der Waals surface area contributed by atoms with Gasteiger partial charge in [-0.25, -0.2) is 8.78 Å². The monoisotopic (exact) mass is 273 g/mol. The number of rotatable bonds is 3. The lowest BCUT2D eigenvalue weighted by Gasteiger charge is -2.10. The molecule has 1 atom stereocenters. The lowest BCUT2D eigenvalue weighted by molar-refractivity contribution is 0.534. The van der Waals surface area contributed by atoms with Gasteiger partial charge in [0.15, 0.2) is 0 Å². The zero-order valence-electron chi connectivity index (χ0n) is 8.23. The van der Waals surface area contributed by atoms with E-state index in [1.165, 1.54) is 12.1 Å². The second-order valence-corrected chi connectivity index (χ2v) is 4.17.